The molecule has 0 bridgehead atoms. The summed E-state index contributed by atoms with van der Waals surface area (Å²) in [5, 5.41) is 5.48. The molecule has 2 aliphatic rings. The van der Waals surface area contributed by atoms with E-state index in [-0.39, 0.29) is 24.4 Å². The van der Waals surface area contributed by atoms with Gasteiger partial charge in [0.15, 0.2) is 0 Å². The summed E-state index contributed by atoms with van der Waals surface area (Å²) in [5.41, 5.74) is 0. The molecule has 2 aliphatic carbocycles. The summed E-state index contributed by atoms with van der Waals surface area (Å²) in [6, 6.07) is 0. The Kier molecular flexibility index (Phi) is 40.5. The number of hydrogen-bond acceptors (Lipinski definition) is 16. The van der Waals surface area contributed by atoms with Gasteiger partial charge in [0.05, 0.1) is 159 Å². The van der Waals surface area contributed by atoms with Gasteiger partial charge in [-0.2, -0.15) is 0 Å². The summed E-state index contributed by atoms with van der Waals surface area (Å²) < 4.78 is 77.0. The summed E-state index contributed by atoms with van der Waals surface area (Å²) in [4.78, 5) is 23.9. The molecule has 2 rings (SSSR count). The molecule has 362 valence electrons. The Labute approximate surface area is 370 Å². The van der Waals surface area contributed by atoms with Crippen molar-refractivity contribution in [1.82, 2.24) is 10.6 Å². The summed E-state index contributed by atoms with van der Waals surface area (Å²) >= 11 is 0. The highest BCUT2D eigenvalue weighted by molar-refractivity contribution is 5.67. The number of alkyl carbamates (subject to hydrolysis) is 2. The fourth-order valence-corrected chi connectivity index (χ4v) is 5.84. The fourth-order valence-electron chi connectivity index (χ4n) is 5.84. The third-order valence-corrected chi connectivity index (χ3v) is 9.11. The minimum absolute atomic E-state index is 0.0125. The Morgan fingerprint density at radius 1 is 0.323 bits per heavy atom. The van der Waals surface area contributed by atoms with Gasteiger partial charge in [-0.05, 0) is 64.2 Å². The summed E-state index contributed by atoms with van der Waals surface area (Å²) in [5.74, 6) is 0. The zero-order valence-electron chi connectivity index (χ0n) is 37.5. The second-order valence-corrected chi connectivity index (χ2v) is 14.2. The third-order valence-electron chi connectivity index (χ3n) is 9.11. The largest absolute Gasteiger partial charge is 0.446 e. The predicted molar refractivity (Wildman–Crippen MR) is 231 cm³/mol. The van der Waals surface area contributed by atoms with Crippen molar-refractivity contribution >= 4 is 12.2 Å². The molecule has 18 heteroatoms. The number of ether oxygens (including phenoxy) is 14. The monoisotopic (exact) mass is 893 g/mol. The predicted octanol–water partition coefficient (Wildman–Crippen LogP) is 4.42. The second-order valence-electron chi connectivity index (χ2n) is 14.2. The molecule has 2 atom stereocenters. The summed E-state index contributed by atoms with van der Waals surface area (Å²) in [6.07, 6.45) is 17.6. The van der Waals surface area contributed by atoms with E-state index >= 15 is 0 Å². The molecule has 0 saturated carbocycles. The number of amides is 2. The van der Waals surface area contributed by atoms with Crippen LogP contribution in [0.1, 0.15) is 64.2 Å². The molecule has 0 aliphatic heterocycles. The van der Waals surface area contributed by atoms with Crippen molar-refractivity contribution < 1.29 is 75.9 Å². The van der Waals surface area contributed by atoms with Gasteiger partial charge in [-0.25, -0.2) is 9.59 Å². The number of carbonyl (C=O) groups excluding carboxylic acids is 2. The first-order chi connectivity index (χ1) is 30.7. The molecule has 62 heavy (non-hydrogen) atoms. The highest BCUT2D eigenvalue weighted by atomic mass is 16.6. The third kappa shape index (κ3) is 39.2. The molecular weight excluding hydrogens is 812 g/mol. The van der Waals surface area contributed by atoms with Gasteiger partial charge in [0.1, 0.15) is 12.2 Å². The van der Waals surface area contributed by atoms with Gasteiger partial charge in [0.2, 0.25) is 0 Å². The Bertz CT molecular complexity index is 978. The Morgan fingerprint density at radius 3 is 0.806 bits per heavy atom. The number of rotatable bonds is 41. The lowest BCUT2D eigenvalue weighted by molar-refractivity contribution is -0.0283. The molecule has 2 unspecified atom stereocenters. The second kappa shape index (κ2) is 45.1. The lowest BCUT2D eigenvalue weighted by atomic mass is 10.0. The molecule has 0 saturated heterocycles. The molecule has 0 aromatic heterocycles. The van der Waals surface area contributed by atoms with E-state index in [4.69, 9.17) is 66.3 Å². The first kappa shape index (κ1) is 55.7. The molecule has 2 amide bonds. The van der Waals surface area contributed by atoms with Crippen LogP contribution in [0.4, 0.5) is 9.59 Å². The van der Waals surface area contributed by atoms with Crippen molar-refractivity contribution in [2.24, 2.45) is 0 Å². The standard InChI is InChI=1S/C44H80N2O16/c47-43(61-41-11-7-3-1-4-8-12-41)45-15-17-49-19-21-51-23-25-53-27-29-55-31-33-57-35-37-59-39-40-60-38-36-58-34-32-56-30-28-54-26-24-52-22-20-50-18-16-46-44(48)62-42-13-9-5-2-6-10-14-42/h1-3,5,41-42H,4,6-40H2,(H,45,47)(H,46,48)/b3-1+,5-2+. The molecule has 0 heterocycles. The average molecular weight is 893 g/mol. The van der Waals surface area contributed by atoms with Crippen LogP contribution in [0.2, 0.25) is 0 Å². The van der Waals surface area contributed by atoms with Gasteiger partial charge in [-0.15, -0.1) is 0 Å². The minimum Gasteiger partial charge on any atom is -0.446 e. The van der Waals surface area contributed by atoms with Crippen molar-refractivity contribution in [3.8, 4) is 0 Å². The molecular formula is C44H80N2O16. The van der Waals surface area contributed by atoms with Gasteiger partial charge in [-0.1, -0.05) is 24.3 Å². The van der Waals surface area contributed by atoms with Crippen molar-refractivity contribution in [3.05, 3.63) is 24.3 Å². The number of hydrogen-bond donors (Lipinski definition) is 2. The maximum absolute atomic E-state index is 11.9. The van der Waals surface area contributed by atoms with Crippen LogP contribution >= 0.6 is 0 Å². The summed E-state index contributed by atoms with van der Waals surface area (Å²) in [6.45, 7) is 12.1. The van der Waals surface area contributed by atoms with Gasteiger partial charge in [0.25, 0.3) is 0 Å². The molecule has 0 aromatic carbocycles. The SMILES string of the molecule is O=C(NCCOCCOCCOCCOCCOCCOCCOCCOCCOCCOCCOCCOCCNC(=O)OC1CC/C=C/CCC1)OC1CC/C=C/CCC1. The smallest absolute Gasteiger partial charge is 0.407 e. The van der Waals surface area contributed by atoms with Crippen LogP contribution in [0.25, 0.3) is 0 Å². The summed E-state index contributed by atoms with van der Waals surface area (Å²) in [7, 11) is 0. The molecule has 0 radical (unpaired) electrons. The maximum atomic E-state index is 11.9. The molecule has 0 aromatic rings. The average Bonchev–Trinajstić information content (AvgIpc) is 3.24. The molecule has 2 N–H and O–H groups in total. The van der Waals surface area contributed by atoms with E-state index in [9.17, 15) is 9.59 Å². The zero-order valence-corrected chi connectivity index (χ0v) is 37.5. The quantitative estimate of drug-likeness (QED) is 0.0649. The topological polar surface area (TPSA) is 187 Å². The first-order valence-corrected chi connectivity index (χ1v) is 22.9. The highest BCUT2D eigenvalue weighted by Crippen LogP contribution is 2.16. The Morgan fingerprint density at radius 2 is 0.548 bits per heavy atom. The van der Waals surface area contributed by atoms with E-state index in [0.717, 1.165) is 64.2 Å². The van der Waals surface area contributed by atoms with E-state index in [2.05, 4.69) is 34.9 Å². The van der Waals surface area contributed by atoms with Crippen LogP contribution in [-0.2, 0) is 66.3 Å². The van der Waals surface area contributed by atoms with Gasteiger partial charge in [-0.3, -0.25) is 0 Å². The van der Waals surface area contributed by atoms with Crippen LogP contribution in [0.3, 0.4) is 0 Å². The van der Waals surface area contributed by atoms with Crippen molar-refractivity contribution in [2.75, 3.05) is 172 Å². The van der Waals surface area contributed by atoms with Gasteiger partial charge >= 0.3 is 12.2 Å². The van der Waals surface area contributed by atoms with Crippen molar-refractivity contribution in [2.45, 2.75) is 76.4 Å². The molecule has 0 fully saturated rings. The highest BCUT2D eigenvalue weighted by Gasteiger charge is 2.15. The zero-order chi connectivity index (χ0) is 43.9. The van der Waals surface area contributed by atoms with Crippen LogP contribution in [0.15, 0.2) is 24.3 Å². The van der Waals surface area contributed by atoms with E-state index < -0.39 is 0 Å². The minimum atomic E-state index is -0.380. The fraction of sp³-hybridized carbons (Fsp3) is 0.864. The first-order valence-electron chi connectivity index (χ1n) is 22.9. The maximum Gasteiger partial charge on any atom is 0.407 e. The Hall–Kier alpha value is -2.46. The van der Waals surface area contributed by atoms with Crippen LogP contribution in [-0.4, -0.2) is 196 Å². The number of allylic oxidation sites excluding steroid dienone is 4. The van der Waals surface area contributed by atoms with E-state index in [1.54, 1.807) is 0 Å². The van der Waals surface area contributed by atoms with Crippen molar-refractivity contribution in [3.63, 3.8) is 0 Å². The van der Waals surface area contributed by atoms with Crippen molar-refractivity contribution in [1.29, 1.82) is 0 Å². The van der Waals surface area contributed by atoms with Gasteiger partial charge < -0.3 is 76.9 Å². The normalized spacial score (nSPS) is 17.9. The van der Waals surface area contributed by atoms with Crippen LogP contribution in [0.5, 0.6) is 0 Å². The molecule has 0 spiro atoms. The number of nitrogens with one attached hydrogen (secondary N) is 2. The van der Waals surface area contributed by atoms with E-state index in [1.807, 2.05) is 0 Å². The lowest BCUT2D eigenvalue weighted by Crippen LogP contribution is -2.31. The number of carbonyl (C=O) groups is 2. The molecule has 18 nitrogen and oxygen atoms in total. The lowest BCUT2D eigenvalue weighted by Gasteiger charge is -2.18. The van der Waals surface area contributed by atoms with E-state index in [0.29, 0.717) is 172 Å². The van der Waals surface area contributed by atoms with E-state index in [1.165, 1.54) is 0 Å². The van der Waals surface area contributed by atoms with Gasteiger partial charge in [0, 0.05) is 13.1 Å². The van der Waals surface area contributed by atoms with Crippen LogP contribution in [0, 0.1) is 0 Å². The Balaban J connectivity index is 1.14. The van der Waals surface area contributed by atoms with Crippen LogP contribution < -0.4 is 10.6 Å².